The first kappa shape index (κ1) is 18.8. The molecule has 0 bridgehead atoms. The lowest BCUT2D eigenvalue weighted by molar-refractivity contribution is 0.0278. The number of esters is 2. The molecule has 0 aromatic carbocycles. The van der Waals surface area contributed by atoms with Gasteiger partial charge in [-0.2, -0.15) is 0 Å². The minimum absolute atomic E-state index is 0.197. The Morgan fingerprint density at radius 2 is 2.07 bits per heavy atom. The molecule has 142 valence electrons. The molecule has 0 saturated carbocycles. The molecule has 0 unspecified atom stereocenters. The summed E-state index contributed by atoms with van der Waals surface area (Å²) in [5.74, 6) is -0.521. The number of aromatic nitrogens is 3. The Labute approximate surface area is 159 Å². The fourth-order valence-corrected chi connectivity index (χ4v) is 3.28. The second-order valence-electron chi connectivity index (χ2n) is 5.82. The monoisotopic (exact) mass is 389 g/mol. The molecular weight excluding hydrogens is 370 g/mol. The maximum Gasteiger partial charge on any atom is 0.355 e. The Hall–Kier alpha value is -2.94. The highest BCUT2D eigenvalue weighted by atomic mass is 32.1. The van der Waals surface area contributed by atoms with Gasteiger partial charge in [-0.1, -0.05) is 6.07 Å². The van der Waals surface area contributed by atoms with Gasteiger partial charge < -0.3 is 18.9 Å². The van der Waals surface area contributed by atoms with Crippen LogP contribution in [-0.2, 0) is 9.47 Å². The standard InChI is InChI=1S/C18H19N3O5S/c1-5-24-18(23)14-9(2)13(10(3)19-14)17(22)25-11(4)15-20-21-16(26-15)12-7-6-8-27-12/h6-8,11,19H,5H2,1-4H3/t11-/m1/s1. The zero-order valence-corrected chi connectivity index (χ0v) is 16.2. The van der Waals surface area contributed by atoms with Crippen molar-refractivity contribution >= 4 is 23.3 Å². The first-order valence-corrected chi connectivity index (χ1v) is 9.24. The molecule has 0 aliphatic rings. The van der Waals surface area contributed by atoms with E-state index < -0.39 is 18.0 Å². The number of nitrogens with zero attached hydrogens (tertiary/aromatic N) is 2. The van der Waals surface area contributed by atoms with Gasteiger partial charge in [0.25, 0.3) is 11.8 Å². The Morgan fingerprint density at radius 3 is 2.74 bits per heavy atom. The van der Waals surface area contributed by atoms with E-state index in [2.05, 4.69) is 15.2 Å². The SMILES string of the molecule is CCOC(=O)c1[nH]c(C)c(C(=O)O[C@H](C)c2nnc(-c3cccs3)o2)c1C. The number of ether oxygens (including phenoxy) is 2. The number of hydrogen-bond donors (Lipinski definition) is 1. The van der Waals surface area contributed by atoms with Gasteiger partial charge in [0, 0.05) is 5.69 Å². The van der Waals surface area contributed by atoms with E-state index >= 15 is 0 Å². The van der Waals surface area contributed by atoms with Gasteiger partial charge in [0.15, 0.2) is 6.10 Å². The molecule has 0 aliphatic heterocycles. The van der Waals surface area contributed by atoms with Crippen LogP contribution < -0.4 is 0 Å². The van der Waals surface area contributed by atoms with Crippen molar-refractivity contribution in [1.29, 1.82) is 0 Å². The molecule has 0 spiro atoms. The number of rotatable bonds is 6. The highest BCUT2D eigenvalue weighted by molar-refractivity contribution is 7.13. The summed E-state index contributed by atoms with van der Waals surface area (Å²) in [6.45, 7) is 6.97. The van der Waals surface area contributed by atoms with Crippen LogP contribution in [0.5, 0.6) is 0 Å². The molecule has 3 rings (SSSR count). The summed E-state index contributed by atoms with van der Waals surface area (Å²) < 4.78 is 16.0. The van der Waals surface area contributed by atoms with Crippen LogP contribution in [0.25, 0.3) is 10.8 Å². The summed E-state index contributed by atoms with van der Waals surface area (Å²) in [6.07, 6.45) is -0.738. The van der Waals surface area contributed by atoms with Crippen LogP contribution >= 0.6 is 11.3 Å². The molecule has 0 radical (unpaired) electrons. The van der Waals surface area contributed by atoms with Crippen molar-refractivity contribution in [1.82, 2.24) is 15.2 Å². The Bertz CT molecular complexity index is 958. The van der Waals surface area contributed by atoms with E-state index in [1.807, 2.05) is 17.5 Å². The summed E-state index contributed by atoms with van der Waals surface area (Å²) in [5, 5.41) is 9.83. The van der Waals surface area contributed by atoms with Crippen LogP contribution in [0.1, 0.15) is 57.9 Å². The van der Waals surface area contributed by atoms with Crippen molar-refractivity contribution in [3.63, 3.8) is 0 Å². The highest BCUT2D eigenvalue weighted by Gasteiger charge is 2.26. The van der Waals surface area contributed by atoms with E-state index in [0.29, 0.717) is 22.7 Å². The Morgan fingerprint density at radius 1 is 1.30 bits per heavy atom. The van der Waals surface area contributed by atoms with Gasteiger partial charge in [-0.25, -0.2) is 9.59 Å². The quantitative estimate of drug-likeness (QED) is 0.638. The van der Waals surface area contributed by atoms with E-state index in [-0.39, 0.29) is 18.2 Å². The molecule has 27 heavy (non-hydrogen) atoms. The number of nitrogens with one attached hydrogen (secondary N) is 1. The van der Waals surface area contributed by atoms with Crippen LogP contribution in [0.3, 0.4) is 0 Å². The molecule has 3 aromatic rings. The van der Waals surface area contributed by atoms with Crippen LogP contribution in [0.4, 0.5) is 0 Å². The number of hydrogen-bond acceptors (Lipinski definition) is 8. The maximum absolute atomic E-state index is 12.6. The first-order valence-electron chi connectivity index (χ1n) is 8.36. The van der Waals surface area contributed by atoms with E-state index in [0.717, 1.165) is 4.88 Å². The van der Waals surface area contributed by atoms with Gasteiger partial charge >= 0.3 is 11.9 Å². The molecule has 0 fully saturated rings. The predicted octanol–water partition coefficient (Wildman–Crippen LogP) is 3.84. The van der Waals surface area contributed by atoms with Gasteiger partial charge in [-0.3, -0.25) is 0 Å². The smallest absolute Gasteiger partial charge is 0.355 e. The third-order valence-corrected chi connectivity index (χ3v) is 4.78. The molecular formula is C18H19N3O5S. The van der Waals surface area contributed by atoms with E-state index in [1.54, 1.807) is 27.7 Å². The van der Waals surface area contributed by atoms with Crippen molar-refractivity contribution in [3.05, 3.63) is 45.9 Å². The average Bonchev–Trinajstić information content (AvgIpc) is 3.34. The number of aryl methyl sites for hydroxylation is 1. The molecule has 0 saturated heterocycles. The summed E-state index contributed by atoms with van der Waals surface area (Å²) in [6, 6.07) is 3.74. The molecule has 9 heteroatoms. The molecule has 3 aromatic heterocycles. The zero-order chi connectivity index (χ0) is 19.6. The summed E-state index contributed by atoms with van der Waals surface area (Å²) >= 11 is 1.47. The minimum atomic E-state index is -0.738. The van der Waals surface area contributed by atoms with Crippen molar-refractivity contribution in [2.24, 2.45) is 0 Å². The fraction of sp³-hybridized carbons (Fsp3) is 0.333. The Balaban J connectivity index is 1.76. The predicted molar refractivity (Wildman–Crippen MR) is 97.7 cm³/mol. The van der Waals surface area contributed by atoms with Crippen molar-refractivity contribution < 1.29 is 23.5 Å². The molecule has 0 amide bonds. The normalized spacial score (nSPS) is 12.0. The van der Waals surface area contributed by atoms with E-state index in [4.69, 9.17) is 13.9 Å². The summed E-state index contributed by atoms with van der Waals surface area (Å²) in [7, 11) is 0. The number of aromatic amines is 1. The second kappa shape index (κ2) is 7.75. The molecule has 3 heterocycles. The number of H-pyrrole nitrogens is 1. The van der Waals surface area contributed by atoms with Crippen LogP contribution in [0.15, 0.2) is 21.9 Å². The van der Waals surface area contributed by atoms with Crippen molar-refractivity contribution in [3.8, 4) is 10.8 Å². The fourth-order valence-electron chi connectivity index (χ4n) is 2.63. The van der Waals surface area contributed by atoms with Crippen LogP contribution in [0, 0.1) is 13.8 Å². The summed E-state index contributed by atoms with van der Waals surface area (Å²) in [5.41, 5.74) is 1.54. The topological polar surface area (TPSA) is 107 Å². The van der Waals surface area contributed by atoms with Gasteiger partial charge in [0.1, 0.15) is 5.69 Å². The number of carbonyl (C=O) groups is 2. The zero-order valence-electron chi connectivity index (χ0n) is 15.4. The molecule has 1 N–H and O–H groups in total. The Kier molecular flexibility index (Phi) is 5.41. The maximum atomic E-state index is 12.6. The van der Waals surface area contributed by atoms with Crippen molar-refractivity contribution in [2.75, 3.05) is 6.61 Å². The third kappa shape index (κ3) is 3.77. The second-order valence-corrected chi connectivity index (χ2v) is 6.76. The lowest BCUT2D eigenvalue weighted by Crippen LogP contribution is -2.12. The highest BCUT2D eigenvalue weighted by Crippen LogP contribution is 2.27. The molecule has 8 nitrogen and oxygen atoms in total. The largest absolute Gasteiger partial charge is 0.461 e. The average molecular weight is 389 g/mol. The lowest BCUT2D eigenvalue weighted by Gasteiger charge is -2.10. The molecule has 1 atom stereocenters. The van der Waals surface area contributed by atoms with E-state index in [9.17, 15) is 9.59 Å². The van der Waals surface area contributed by atoms with Crippen LogP contribution in [-0.4, -0.2) is 33.7 Å². The number of thiophene rings is 1. The lowest BCUT2D eigenvalue weighted by atomic mass is 10.1. The van der Waals surface area contributed by atoms with Gasteiger partial charge in [-0.15, -0.1) is 21.5 Å². The van der Waals surface area contributed by atoms with Crippen LogP contribution in [0.2, 0.25) is 0 Å². The van der Waals surface area contributed by atoms with Gasteiger partial charge in [-0.05, 0) is 44.7 Å². The van der Waals surface area contributed by atoms with Crippen molar-refractivity contribution in [2.45, 2.75) is 33.8 Å². The minimum Gasteiger partial charge on any atom is -0.461 e. The van der Waals surface area contributed by atoms with Gasteiger partial charge in [0.2, 0.25) is 0 Å². The third-order valence-electron chi connectivity index (χ3n) is 3.93. The van der Waals surface area contributed by atoms with E-state index in [1.165, 1.54) is 11.3 Å². The van der Waals surface area contributed by atoms with Gasteiger partial charge in [0.05, 0.1) is 17.0 Å². The summed E-state index contributed by atoms with van der Waals surface area (Å²) in [4.78, 5) is 28.3. The first-order chi connectivity index (χ1) is 12.9. The number of carbonyl (C=O) groups excluding carboxylic acids is 2. The molecule has 0 aliphatic carbocycles.